The SMILES string of the molecule is CCOC(=O)[C@H]1Cc2cc3c(cc2CN1)OCO3.Cl. The third-order valence-electron chi connectivity index (χ3n) is 3.23. The van der Waals surface area contributed by atoms with Gasteiger partial charge in [-0.3, -0.25) is 4.79 Å². The number of rotatable bonds is 2. The van der Waals surface area contributed by atoms with E-state index < -0.39 is 0 Å². The molecule has 0 fully saturated rings. The molecule has 1 N–H and O–H groups in total. The van der Waals surface area contributed by atoms with Crippen LogP contribution in [-0.2, 0) is 22.5 Å². The monoisotopic (exact) mass is 285 g/mol. The molecule has 104 valence electrons. The summed E-state index contributed by atoms with van der Waals surface area (Å²) < 4.78 is 15.7. The largest absolute Gasteiger partial charge is 0.465 e. The van der Waals surface area contributed by atoms with Crippen LogP contribution in [0, 0.1) is 0 Å². The maximum atomic E-state index is 11.7. The Hall–Kier alpha value is -1.46. The van der Waals surface area contributed by atoms with Gasteiger partial charge in [-0.25, -0.2) is 0 Å². The van der Waals surface area contributed by atoms with Crippen LogP contribution in [0.1, 0.15) is 18.1 Å². The highest BCUT2D eigenvalue weighted by Gasteiger charge is 2.27. The van der Waals surface area contributed by atoms with Crippen LogP contribution >= 0.6 is 12.4 Å². The van der Waals surface area contributed by atoms with Gasteiger partial charge in [-0.2, -0.15) is 0 Å². The Bertz CT molecular complexity index is 492. The predicted octanol–water partition coefficient (Wildman–Crippen LogP) is 1.41. The first-order chi connectivity index (χ1) is 8.78. The fourth-order valence-corrected chi connectivity index (χ4v) is 2.32. The highest BCUT2D eigenvalue weighted by atomic mass is 35.5. The van der Waals surface area contributed by atoms with E-state index in [1.165, 1.54) is 0 Å². The van der Waals surface area contributed by atoms with Crippen molar-refractivity contribution in [2.75, 3.05) is 13.4 Å². The zero-order valence-electron chi connectivity index (χ0n) is 10.6. The minimum absolute atomic E-state index is 0. The lowest BCUT2D eigenvalue weighted by Gasteiger charge is -2.24. The summed E-state index contributed by atoms with van der Waals surface area (Å²) in [5.41, 5.74) is 2.27. The van der Waals surface area contributed by atoms with Crippen LogP contribution in [0.25, 0.3) is 0 Å². The molecule has 3 rings (SSSR count). The van der Waals surface area contributed by atoms with Gasteiger partial charge in [-0.15, -0.1) is 12.4 Å². The first-order valence-electron chi connectivity index (χ1n) is 6.09. The molecule has 0 radical (unpaired) electrons. The fraction of sp³-hybridized carbons (Fsp3) is 0.462. The molecule has 1 aromatic carbocycles. The normalized spacial score (nSPS) is 19.3. The molecule has 0 spiro atoms. The molecular formula is C13H16ClNO4. The average Bonchev–Trinajstić information content (AvgIpc) is 2.82. The molecule has 6 heteroatoms. The maximum Gasteiger partial charge on any atom is 0.323 e. The van der Waals surface area contributed by atoms with E-state index in [4.69, 9.17) is 14.2 Å². The summed E-state index contributed by atoms with van der Waals surface area (Å²) >= 11 is 0. The Labute approximate surface area is 117 Å². The molecule has 0 amide bonds. The van der Waals surface area contributed by atoms with Gasteiger partial charge >= 0.3 is 5.97 Å². The second-order valence-electron chi connectivity index (χ2n) is 4.36. The molecule has 2 aliphatic rings. The Morgan fingerprint density at radius 1 is 1.37 bits per heavy atom. The van der Waals surface area contributed by atoms with E-state index in [0.717, 1.165) is 22.6 Å². The molecule has 1 aromatic rings. The van der Waals surface area contributed by atoms with Gasteiger partial charge in [-0.05, 0) is 36.6 Å². The molecule has 1 atom stereocenters. The van der Waals surface area contributed by atoms with Crippen LogP contribution in [0.5, 0.6) is 11.5 Å². The molecule has 0 aliphatic carbocycles. The number of hydrogen-bond acceptors (Lipinski definition) is 5. The Balaban J connectivity index is 0.00000133. The average molecular weight is 286 g/mol. The topological polar surface area (TPSA) is 56.8 Å². The molecule has 2 heterocycles. The van der Waals surface area contributed by atoms with E-state index in [-0.39, 0.29) is 31.2 Å². The van der Waals surface area contributed by atoms with Crippen molar-refractivity contribution in [3.8, 4) is 11.5 Å². The highest BCUT2D eigenvalue weighted by Crippen LogP contribution is 2.36. The zero-order valence-corrected chi connectivity index (χ0v) is 11.4. The third kappa shape index (κ3) is 2.62. The fourth-order valence-electron chi connectivity index (χ4n) is 2.32. The molecule has 0 unspecified atom stereocenters. The van der Waals surface area contributed by atoms with Gasteiger partial charge in [0.05, 0.1) is 6.61 Å². The number of benzene rings is 1. The Morgan fingerprint density at radius 2 is 2.05 bits per heavy atom. The number of ether oxygens (including phenoxy) is 3. The minimum Gasteiger partial charge on any atom is -0.465 e. The first kappa shape index (κ1) is 14.0. The predicted molar refractivity (Wildman–Crippen MR) is 70.8 cm³/mol. The van der Waals surface area contributed by atoms with Crippen molar-refractivity contribution in [3.05, 3.63) is 23.3 Å². The third-order valence-corrected chi connectivity index (χ3v) is 3.23. The smallest absolute Gasteiger partial charge is 0.323 e. The van der Waals surface area contributed by atoms with Crippen LogP contribution in [-0.4, -0.2) is 25.4 Å². The van der Waals surface area contributed by atoms with Gasteiger partial charge < -0.3 is 19.5 Å². The Morgan fingerprint density at radius 3 is 2.74 bits per heavy atom. The van der Waals surface area contributed by atoms with Gasteiger partial charge in [0.2, 0.25) is 6.79 Å². The van der Waals surface area contributed by atoms with Crippen molar-refractivity contribution >= 4 is 18.4 Å². The molecule has 5 nitrogen and oxygen atoms in total. The highest BCUT2D eigenvalue weighted by molar-refractivity contribution is 5.85. The van der Waals surface area contributed by atoms with Gasteiger partial charge in [0, 0.05) is 6.54 Å². The second-order valence-corrected chi connectivity index (χ2v) is 4.36. The molecule has 0 saturated carbocycles. The maximum absolute atomic E-state index is 11.7. The van der Waals surface area contributed by atoms with Gasteiger partial charge in [0.25, 0.3) is 0 Å². The lowest BCUT2D eigenvalue weighted by atomic mass is 9.95. The van der Waals surface area contributed by atoms with Gasteiger partial charge in [0.1, 0.15) is 6.04 Å². The summed E-state index contributed by atoms with van der Waals surface area (Å²) in [5.74, 6) is 1.35. The van der Waals surface area contributed by atoms with Crippen LogP contribution in [0.4, 0.5) is 0 Å². The van der Waals surface area contributed by atoms with Crippen molar-refractivity contribution in [1.29, 1.82) is 0 Å². The molecule has 19 heavy (non-hydrogen) atoms. The summed E-state index contributed by atoms with van der Waals surface area (Å²) in [7, 11) is 0. The first-order valence-corrected chi connectivity index (χ1v) is 6.09. The summed E-state index contributed by atoms with van der Waals surface area (Å²) in [6, 6.07) is 3.68. The number of halogens is 1. The number of hydrogen-bond donors (Lipinski definition) is 1. The van der Waals surface area contributed by atoms with Gasteiger partial charge in [0.15, 0.2) is 11.5 Å². The Kier molecular flexibility index (Phi) is 4.17. The molecule has 2 aliphatic heterocycles. The number of esters is 1. The lowest BCUT2D eigenvalue weighted by Crippen LogP contribution is -2.42. The van der Waals surface area contributed by atoms with E-state index in [2.05, 4.69) is 5.32 Å². The van der Waals surface area contributed by atoms with Crippen molar-refractivity contribution in [3.63, 3.8) is 0 Å². The van der Waals surface area contributed by atoms with E-state index in [9.17, 15) is 4.79 Å². The summed E-state index contributed by atoms with van der Waals surface area (Å²) in [4.78, 5) is 11.7. The van der Waals surface area contributed by atoms with Crippen LogP contribution in [0.2, 0.25) is 0 Å². The lowest BCUT2D eigenvalue weighted by molar-refractivity contribution is -0.145. The van der Waals surface area contributed by atoms with Crippen molar-refractivity contribution in [2.24, 2.45) is 0 Å². The summed E-state index contributed by atoms with van der Waals surface area (Å²) in [5, 5.41) is 3.18. The number of fused-ring (bicyclic) bond motifs is 2. The van der Waals surface area contributed by atoms with Crippen molar-refractivity contribution in [1.82, 2.24) is 5.32 Å². The van der Waals surface area contributed by atoms with Crippen molar-refractivity contribution in [2.45, 2.75) is 25.9 Å². The van der Waals surface area contributed by atoms with Crippen LogP contribution in [0.3, 0.4) is 0 Å². The molecule has 0 saturated heterocycles. The minimum atomic E-state index is -0.266. The standard InChI is InChI=1S/C13H15NO4.ClH/c1-2-16-13(15)10-3-8-4-11-12(18-7-17-11)5-9(8)6-14-10;/h4-5,10,14H,2-3,6-7H2,1H3;1H/t10-;/m1./s1. The van der Waals surface area contributed by atoms with Crippen molar-refractivity contribution < 1.29 is 19.0 Å². The number of carbonyl (C=O) groups is 1. The number of nitrogens with one attached hydrogen (secondary N) is 1. The molecule has 0 aromatic heterocycles. The summed E-state index contributed by atoms with van der Waals surface area (Å²) in [6.07, 6.45) is 0.630. The van der Waals surface area contributed by atoms with E-state index in [1.54, 1.807) is 0 Å². The number of carbonyl (C=O) groups excluding carboxylic acids is 1. The van der Waals surface area contributed by atoms with E-state index in [0.29, 0.717) is 19.6 Å². The van der Waals surface area contributed by atoms with Crippen LogP contribution in [0.15, 0.2) is 12.1 Å². The summed E-state index contributed by atoms with van der Waals surface area (Å²) in [6.45, 7) is 3.14. The van der Waals surface area contributed by atoms with E-state index >= 15 is 0 Å². The second kappa shape index (κ2) is 5.67. The molecule has 0 bridgehead atoms. The molecular weight excluding hydrogens is 270 g/mol. The van der Waals surface area contributed by atoms with Gasteiger partial charge in [-0.1, -0.05) is 0 Å². The van der Waals surface area contributed by atoms with E-state index in [1.807, 2.05) is 19.1 Å². The zero-order chi connectivity index (χ0) is 12.5. The quantitative estimate of drug-likeness (QED) is 0.833. The van der Waals surface area contributed by atoms with Crippen LogP contribution < -0.4 is 14.8 Å².